The van der Waals surface area contributed by atoms with Crippen molar-refractivity contribution in [1.29, 1.82) is 0 Å². The number of hydrogen-bond donors (Lipinski definition) is 2. The number of carboxylic acid groups (broad SMARTS) is 1. The van der Waals surface area contributed by atoms with Gasteiger partial charge in [-0.3, -0.25) is 4.79 Å². The molecule has 0 aliphatic carbocycles. The largest absolute Gasteiger partial charge is 1.00 e. The number of hydrogen-bond acceptors (Lipinski definition) is 7. The van der Waals surface area contributed by atoms with Crippen LogP contribution in [0.25, 0.3) is 5.69 Å². The van der Waals surface area contributed by atoms with Gasteiger partial charge in [0.25, 0.3) is 5.91 Å². The summed E-state index contributed by atoms with van der Waals surface area (Å²) in [6.45, 7) is 6.13. The average molecular weight is 564 g/mol. The van der Waals surface area contributed by atoms with Crippen molar-refractivity contribution in [1.82, 2.24) is 9.78 Å². The molecule has 1 amide bonds. The van der Waals surface area contributed by atoms with Crippen molar-refractivity contribution in [3.63, 3.8) is 0 Å². The summed E-state index contributed by atoms with van der Waals surface area (Å²) in [6.07, 6.45) is -2.49. The standard InChI is InChI=1S/C29H36FN3O6.Na/c1-5-32(20-10-13-24(39-4)14-11-20)29(38)28-27(18(2)3)25(15-12-22(34)16-23(35)17-26(36)37)33(31-28)21-8-6-19(30)7-9-21;/h6-11,13-14,18,22-23,34-35H,5,12,15-17H2,1-4H3,(H,36,37);/q;+1/p-1/t22-,23-;/m1./s1. The first-order chi connectivity index (χ1) is 18.5. The molecule has 0 fully saturated rings. The van der Waals surface area contributed by atoms with Gasteiger partial charge in [0.15, 0.2) is 5.69 Å². The van der Waals surface area contributed by atoms with Crippen molar-refractivity contribution in [3.05, 3.63) is 71.3 Å². The number of benzene rings is 2. The maximum absolute atomic E-state index is 13.9. The first kappa shape index (κ1) is 33.4. The van der Waals surface area contributed by atoms with E-state index in [1.807, 2.05) is 20.8 Å². The summed E-state index contributed by atoms with van der Waals surface area (Å²) in [6, 6.07) is 12.9. The number of anilines is 1. The van der Waals surface area contributed by atoms with Gasteiger partial charge in [-0.15, -0.1) is 0 Å². The Balaban J connectivity index is 0.00000560. The van der Waals surface area contributed by atoms with Crippen LogP contribution in [-0.4, -0.2) is 57.7 Å². The number of halogens is 1. The van der Waals surface area contributed by atoms with Gasteiger partial charge in [0.2, 0.25) is 0 Å². The van der Waals surface area contributed by atoms with Crippen LogP contribution in [0, 0.1) is 5.82 Å². The number of carbonyl (C=O) groups excluding carboxylic acids is 2. The molecule has 3 aromatic rings. The molecule has 1 heterocycles. The Bertz CT molecular complexity index is 1260. The number of rotatable bonds is 13. The monoisotopic (exact) mass is 563 g/mol. The van der Waals surface area contributed by atoms with E-state index in [-0.39, 0.29) is 66.3 Å². The van der Waals surface area contributed by atoms with Crippen molar-refractivity contribution in [2.45, 2.75) is 64.6 Å². The third-order valence-corrected chi connectivity index (χ3v) is 6.48. The summed E-state index contributed by atoms with van der Waals surface area (Å²) in [5.74, 6) is -1.58. The van der Waals surface area contributed by atoms with Gasteiger partial charge in [-0.05, 0) is 80.6 Å². The molecule has 0 unspecified atom stereocenters. The van der Waals surface area contributed by atoms with Crippen molar-refractivity contribution in [2.75, 3.05) is 18.6 Å². The molecule has 11 heteroatoms. The summed E-state index contributed by atoms with van der Waals surface area (Å²) in [7, 11) is 1.57. The fourth-order valence-electron chi connectivity index (χ4n) is 4.61. The van der Waals surface area contributed by atoms with E-state index in [1.54, 1.807) is 53.1 Å². The molecule has 2 atom stereocenters. The van der Waals surface area contributed by atoms with Crippen molar-refractivity contribution in [2.24, 2.45) is 0 Å². The van der Waals surface area contributed by atoms with E-state index in [4.69, 9.17) is 9.84 Å². The maximum atomic E-state index is 13.9. The molecule has 40 heavy (non-hydrogen) atoms. The van der Waals surface area contributed by atoms with Crippen LogP contribution in [0.4, 0.5) is 10.1 Å². The molecule has 0 aliphatic heterocycles. The number of aliphatic hydroxyl groups excluding tert-OH is 2. The smallest absolute Gasteiger partial charge is 0.550 e. The SMILES string of the molecule is CCN(C(=O)c1nn(-c2ccc(F)cc2)c(CC[C@@H](O)C[C@@H](O)CC(=O)[O-])c1C(C)C)c1ccc(OC)cc1.[Na+]. The Morgan fingerprint density at radius 2 is 1.70 bits per heavy atom. The van der Waals surface area contributed by atoms with Crippen LogP contribution in [0.3, 0.4) is 0 Å². The quantitative estimate of drug-likeness (QED) is 0.280. The van der Waals surface area contributed by atoms with Crippen LogP contribution < -0.4 is 44.3 Å². The molecule has 1 aromatic heterocycles. The van der Waals surface area contributed by atoms with Gasteiger partial charge >= 0.3 is 29.6 Å². The average Bonchev–Trinajstić information content (AvgIpc) is 3.28. The van der Waals surface area contributed by atoms with E-state index < -0.39 is 30.4 Å². The Labute approximate surface area is 255 Å². The zero-order valence-electron chi connectivity index (χ0n) is 23.6. The number of methoxy groups -OCH3 is 1. The molecule has 9 nitrogen and oxygen atoms in total. The van der Waals surface area contributed by atoms with Crippen LogP contribution in [0.15, 0.2) is 48.5 Å². The van der Waals surface area contributed by atoms with E-state index in [1.165, 1.54) is 12.1 Å². The van der Waals surface area contributed by atoms with E-state index in [0.29, 0.717) is 34.9 Å². The molecule has 0 aliphatic rings. The maximum Gasteiger partial charge on any atom is 1.00 e. The van der Waals surface area contributed by atoms with E-state index in [0.717, 1.165) is 0 Å². The second-order valence-electron chi connectivity index (χ2n) is 9.66. The fourth-order valence-corrected chi connectivity index (χ4v) is 4.61. The molecule has 0 radical (unpaired) electrons. The van der Waals surface area contributed by atoms with E-state index in [9.17, 15) is 29.3 Å². The Morgan fingerprint density at radius 1 is 1.07 bits per heavy atom. The number of aliphatic hydroxyl groups is 2. The van der Waals surface area contributed by atoms with Gasteiger partial charge in [-0.25, -0.2) is 9.07 Å². The van der Waals surface area contributed by atoms with E-state index >= 15 is 0 Å². The van der Waals surface area contributed by atoms with Gasteiger partial charge in [0.05, 0.1) is 25.0 Å². The van der Waals surface area contributed by atoms with Crippen molar-refractivity contribution >= 4 is 17.6 Å². The minimum absolute atomic E-state index is 0. The summed E-state index contributed by atoms with van der Waals surface area (Å²) in [5.41, 5.74) is 2.82. The zero-order chi connectivity index (χ0) is 28.7. The molecule has 2 N–H and O–H groups in total. The van der Waals surface area contributed by atoms with Crippen LogP contribution in [0.1, 0.15) is 67.7 Å². The normalized spacial score (nSPS) is 12.5. The Morgan fingerprint density at radius 3 is 2.23 bits per heavy atom. The number of ether oxygens (including phenoxy) is 1. The second kappa shape index (κ2) is 15.3. The van der Waals surface area contributed by atoms with Crippen molar-refractivity contribution in [3.8, 4) is 11.4 Å². The number of nitrogens with zero attached hydrogens (tertiary/aromatic N) is 3. The van der Waals surface area contributed by atoms with E-state index in [2.05, 4.69) is 0 Å². The predicted molar refractivity (Wildman–Crippen MR) is 143 cm³/mol. The van der Waals surface area contributed by atoms with Gasteiger partial charge in [0, 0.05) is 35.9 Å². The number of aromatic nitrogens is 2. The van der Waals surface area contributed by atoms with Crippen molar-refractivity contribution < 1.29 is 63.6 Å². The number of amides is 1. The third-order valence-electron chi connectivity index (χ3n) is 6.48. The Hall–Kier alpha value is -2.76. The van der Waals surface area contributed by atoms with Gasteiger partial charge in [-0.1, -0.05) is 13.8 Å². The molecule has 0 bridgehead atoms. The Kier molecular flexibility index (Phi) is 12.8. The third kappa shape index (κ3) is 8.37. The van der Waals surface area contributed by atoms with Crippen LogP contribution in [0.5, 0.6) is 5.75 Å². The van der Waals surface area contributed by atoms with Crippen LogP contribution in [0.2, 0.25) is 0 Å². The second-order valence-corrected chi connectivity index (χ2v) is 9.66. The number of carbonyl (C=O) groups is 2. The predicted octanol–water partition coefficient (Wildman–Crippen LogP) is -0.00140. The molecule has 210 valence electrons. The van der Waals surface area contributed by atoms with Gasteiger partial charge in [0.1, 0.15) is 11.6 Å². The summed E-state index contributed by atoms with van der Waals surface area (Å²) >= 11 is 0. The first-order valence-electron chi connectivity index (χ1n) is 12.9. The summed E-state index contributed by atoms with van der Waals surface area (Å²) in [4.78, 5) is 26.3. The zero-order valence-corrected chi connectivity index (χ0v) is 25.6. The molecule has 2 aromatic carbocycles. The summed E-state index contributed by atoms with van der Waals surface area (Å²) in [5, 5.41) is 35.9. The first-order valence-corrected chi connectivity index (χ1v) is 12.9. The molecule has 0 spiro atoms. The molecule has 0 saturated heterocycles. The minimum atomic E-state index is -1.40. The molecule has 3 rings (SSSR count). The molecular weight excluding hydrogens is 528 g/mol. The summed E-state index contributed by atoms with van der Waals surface area (Å²) < 4.78 is 20.5. The van der Waals surface area contributed by atoms with Gasteiger partial charge in [-0.2, -0.15) is 5.10 Å². The number of aliphatic carboxylic acids is 1. The molecule has 0 saturated carbocycles. The fraction of sp³-hybridized carbons (Fsp3) is 0.414. The van der Waals surface area contributed by atoms with Crippen LogP contribution in [-0.2, 0) is 11.2 Å². The number of carboxylic acids is 1. The minimum Gasteiger partial charge on any atom is -0.550 e. The van der Waals surface area contributed by atoms with Gasteiger partial charge < -0.3 is 29.8 Å². The topological polar surface area (TPSA) is 128 Å². The van der Waals surface area contributed by atoms with Crippen LogP contribution >= 0.6 is 0 Å². The molecular formula is C29H35FN3NaO6.